The topological polar surface area (TPSA) is 12.0 Å². The van der Waals surface area contributed by atoms with Crippen LogP contribution in [0.4, 0.5) is 4.39 Å². The molecular formula is C14H19BrFN. The first kappa shape index (κ1) is 13.0. The van der Waals surface area contributed by atoms with Crippen LogP contribution in [0.5, 0.6) is 0 Å². The van der Waals surface area contributed by atoms with Crippen molar-refractivity contribution in [3.8, 4) is 0 Å². The van der Waals surface area contributed by atoms with E-state index in [1.807, 2.05) is 6.07 Å². The summed E-state index contributed by atoms with van der Waals surface area (Å²) >= 11 is 3.36. The quantitative estimate of drug-likeness (QED) is 0.892. The van der Waals surface area contributed by atoms with Crippen LogP contribution in [0.2, 0.25) is 0 Å². The van der Waals surface area contributed by atoms with Crippen molar-refractivity contribution < 1.29 is 4.39 Å². The summed E-state index contributed by atoms with van der Waals surface area (Å²) in [6.07, 6.45) is 2.15. The highest BCUT2D eigenvalue weighted by atomic mass is 79.9. The highest BCUT2D eigenvalue weighted by Crippen LogP contribution is 2.36. The van der Waals surface area contributed by atoms with Crippen molar-refractivity contribution in [3.05, 3.63) is 34.1 Å². The second-order valence-corrected chi connectivity index (χ2v) is 6.38. The van der Waals surface area contributed by atoms with E-state index in [9.17, 15) is 4.39 Å². The first-order valence-corrected chi connectivity index (χ1v) is 6.95. The molecule has 0 aromatic heterocycles. The highest BCUT2D eigenvalue weighted by molar-refractivity contribution is 9.10. The van der Waals surface area contributed by atoms with Gasteiger partial charge in [-0.15, -0.1) is 0 Å². The first-order valence-electron chi connectivity index (χ1n) is 6.16. The van der Waals surface area contributed by atoms with Crippen LogP contribution in [0.1, 0.15) is 25.8 Å². The van der Waals surface area contributed by atoms with Crippen LogP contribution in [-0.4, -0.2) is 13.1 Å². The van der Waals surface area contributed by atoms with Gasteiger partial charge in [-0.2, -0.15) is 0 Å². The zero-order valence-electron chi connectivity index (χ0n) is 10.4. The summed E-state index contributed by atoms with van der Waals surface area (Å²) in [5, 5.41) is 3.35. The fourth-order valence-electron chi connectivity index (χ4n) is 2.78. The molecule has 0 atom stereocenters. The van der Waals surface area contributed by atoms with Crippen LogP contribution in [-0.2, 0) is 6.42 Å². The monoisotopic (exact) mass is 299 g/mol. The maximum atomic E-state index is 13.5. The molecule has 3 heteroatoms. The number of hydrogen-bond donors (Lipinski definition) is 1. The van der Waals surface area contributed by atoms with E-state index in [2.05, 4.69) is 35.1 Å². The Bertz CT molecular complexity index is 399. The molecule has 0 spiro atoms. The molecule has 1 heterocycles. The summed E-state index contributed by atoms with van der Waals surface area (Å²) in [6.45, 7) is 6.60. The molecule has 1 aromatic rings. The smallest absolute Gasteiger partial charge is 0.137 e. The highest BCUT2D eigenvalue weighted by Gasteiger charge is 2.37. The maximum absolute atomic E-state index is 13.5. The Hall–Kier alpha value is -0.410. The Balaban J connectivity index is 2.16. The van der Waals surface area contributed by atoms with Gasteiger partial charge < -0.3 is 5.32 Å². The fourth-order valence-corrected chi connectivity index (χ4v) is 3.18. The molecule has 0 saturated carbocycles. The molecule has 1 saturated heterocycles. The summed E-state index contributed by atoms with van der Waals surface area (Å²) in [7, 11) is 0. The van der Waals surface area contributed by atoms with E-state index in [1.54, 1.807) is 6.07 Å². The van der Waals surface area contributed by atoms with Gasteiger partial charge >= 0.3 is 0 Å². The molecule has 94 valence electrons. The van der Waals surface area contributed by atoms with Crippen LogP contribution in [0.25, 0.3) is 0 Å². The normalized spacial score (nSPS) is 18.2. The van der Waals surface area contributed by atoms with Crippen molar-refractivity contribution in [2.75, 3.05) is 13.1 Å². The molecule has 0 aliphatic carbocycles. The Morgan fingerprint density at radius 1 is 1.41 bits per heavy atom. The molecule has 0 bridgehead atoms. The minimum atomic E-state index is -0.158. The van der Waals surface area contributed by atoms with Gasteiger partial charge in [0.05, 0.1) is 4.47 Å². The summed E-state index contributed by atoms with van der Waals surface area (Å²) in [6, 6.07) is 5.32. The van der Waals surface area contributed by atoms with Gasteiger partial charge in [-0.05, 0) is 51.7 Å². The molecule has 0 amide bonds. The summed E-state index contributed by atoms with van der Waals surface area (Å²) in [4.78, 5) is 0. The lowest BCUT2D eigenvalue weighted by Crippen LogP contribution is -2.55. The largest absolute Gasteiger partial charge is 0.316 e. The molecule has 1 nitrogen and oxygen atoms in total. The van der Waals surface area contributed by atoms with E-state index in [-0.39, 0.29) is 5.82 Å². The molecule has 1 aliphatic rings. The summed E-state index contributed by atoms with van der Waals surface area (Å²) in [5.74, 6) is 0.527. The number of halogens is 2. The van der Waals surface area contributed by atoms with Crippen LogP contribution in [0.15, 0.2) is 22.7 Å². The van der Waals surface area contributed by atoms with Crippen LogP contribution < -0.4 is 5.32 Å². The Morgan fingerprint density at radius 3 is 2.65 bits per heavy atom. The summed E-state index contributed by atoms with van der Waals surface area (Å²) < 4.78 is 14.1. The molecule has 17 heavy (non-hydrogen) atoms. The minimum Gasteiger partial charge on any atom is -0.316 e. The van der Waals surface area contributed by atoms with E-state index in [0.717, 1.165) is 25.1 Å². The molecule has 1 N–H and O–H groups in total. The zero-order valence-corrected chi connectivity index (χ0v) is 12.0. The minimum absolute atomic E-state index is 0.158. The van der Waals surface area contributed by atoms with Crippen LogP contribution in [0.3, 0.4) is 0 Å². The molecule has 0 radical (unpaired) electrons. The average molecular weight is 300 g/mol. The molecule has 0 unspecified atom stereocenters. The molecule has 2 rings (SSSR count). The summed E-state index contributed by atoms with van der Waals surface area (Å²) in [5.41, 5.74) is 1.41. The third kappa shape index (κ3) is 2.89. The molecule has 1 aromatic carbocycles. The maximum Gasteiger partial charge on any atom is 0.137 e. The van der Waals surface area contributed by atoms with Gasteiger partial charge in [-0.25, -0.2) is 4.39 Å². The van der Waals surface area contributed by atoms with E-state index in [0.29, 0.717) is 15.8 Å². The average Bonchev–Trinajstić information content (AvgIpc) is 2.21. The van der Waals surface area contributed by atoms with Gasteiger partial charge in [-0.1, -0.05) is 26.0 Å². The lowest BCUT2D eigenvalue weighted by molar-refractivity contribution is 0.131. The fraction of sp³-hybridized carbons (Fsp3) is 0.571. The molecular weight excluding hydrogens is 281 g/mol. The van der Waals surface area contributed by atoms with Crippen LogP contribution in [0, 0.1) is 17.2 Å². The molecule has 1 fully saturated rings. The predicted molar refractivity (Wildman–Crippen MR) is 72.6 cm³/mol. The molecule has 1 aliphatic heterocycles. The number of benzene rings is 1. The SMILES string of the molecule is CC(C)CC1(Cc2cccc(F)c2Br)CNC1. The van der Waals surface area contributed by atoms with Gasteiger partial charge in [0, 0.05) is 13.1 Å². The first-order chi connectivity index (χ1) is 8.02. The van der Waals surface area contributed by atoms with Crippen LogP contribution >= 0.6 is 15.9 Å². The van der Waals surface area contributed by atoms with Crippen molar-refractivity contribution in [2.45, 2.75) is 26.7 Å². The second kappa shape index (κ2) is 5.07. The van der Waals surface area contributed by atoms with E-state index < -0.39 is 0 Å². The number of rotatable bonds is 4. The lowest BCUT2D eigenvalue weighted by atomic mass is 9.71. The number of hydrogen-bond acceptors (Lipinski definition) is 1. The lowest BCUT2D eigenvalue weighted by Gasteiger charge is -2.44. The van der Waals surface area contributed by atoms with Crippen molar-refractivity contribution in [3.63, 3.8) is 0 Å². The van der Waals surface area contributed by atoms with Gasteiger partial charge in [0.15, 0.2) is 0 Å². The van der Waals surface area contributed by atoms with E-state index in [1.165, 1.54) is 12.5 Å². The Labute approximate surface area is 111 Å². The Morgan fingerprint density at radius 2 is 2.12 bits per heavy atom. The Kier molecular flexibility index (Phi) is 3.88. The van der Waals surface area contributed by atoms with Crippen molar-refractivity contribution in [2.24, 2.45) is 11.3 Å². The van der Waals surface area contributed by atoms with Gasteiger partial charge in [0.1, 0.15) is 5.82 Å². The van der Waals surface area contributed by atoms with Gasteiger partial charge in [0.25, 0.3) is 0 Å². The second-order valence-electron chi connectivity index (χ2n) is 5.59. The standard InChI is InChI=1S/C14H19BrFN/c1-10(2)6-14(8-17-9-14)7-11-4-3-5-12(16)13(11)15/h3-5,10,17H,6-9H2,1-2H3. The zero-order chi connectivity index (χ0) is 12.5. The third-order valence-corrected chi connectivity index (χ3v) is 4.33. The van der Waals surface area contributed by atoms with Crippen molar-refractivity contribution >= 4 is 15.9 Å². The van der Waals surface area contributed by atoms with Gasteiger partial charge in [-0.3, -0.25) is 0 Å². The predicted octanol–water partition coefficient (Wildman–Crippen LogP) is 3.77. The van der Waals surface area contributed by atoms with E-state index >= 15 is 0 Å². The number of nitrogens with one attached hydrogen (secondary N) is 1. The van der Waals surface area contributed by atoms with Gasteiger partial charge in [0.2, 0.25) is 0 Å². The van der Waals surface area contributed by atoms with Crippen molar-refractivity contribution in [1.29, 1.82) is 0 Å². The third-order valence-electron chi connectivity index (χ3n) is 3.44. The van der Waals surface area contributed by atoms with E-state index in [4.69, 9.17) is 0 Å². The van der Waals surface area contributed by atoms with Crippen molar-refractivity contribution in [1.82, 2.24) is 5.32 Å².